The van der Waals surface area contributed by atoms with E-state index in [1.807, 2.05) is 25.3 Å². The number of rotatable bonds is 4. The maximum absolute atomic E-state index is 10.8. The van der Waals surface area contributed by atoms with Crippen molar-refractivity contribution in [3.8, 4) is 5.75 Å². The van der Waals surface area contributed by atoms with Crippen molar-refractivity contribution in [2.45, 2.75) is 19.4 Å². The quantitative estimate of drug-likeness (QED) is 0.763. The molecule has 1 atom stereocenters. The molecule has 2 aromatic rings. The number of nitrogens with two attached hydrogens (primary N) is 1. The second-order valence-corrected chi connectivity index (χ2v) is 4.34. The van der Waals surface area contributed by atoms with Gasteiger partial charge in [0.05, 0.1) is 12.6 Å². The van der Waals surface area contributed by atoms with Gasteiger partial charge in [0, 0.05) is 11.6 Å². The SMILES string of the molecule is COc1cc(CC(N)C(=O)O)cc2c(C)c[nH]c12. The number of carbonyl (C=O) groups is 1. The summed E-state index contributed by atoms with van der Waals surface area (Å²) in [6, 6.07) is 2.87. The van der Waals surface area contributed by atoms with Gasteiger partial charge in [-0.1, -0.05) is 0 Å². The van der Waals surface area contributed by atoms with Gasteiger partial charge in [0.15, 0.2) is 0 Å². The third-order valence-electron chi connectivity index (χ3n) is 3.01. The molecule has 18 heavy (non-hydrogen) atoms. The van der Waals surface area contributed by atoms with E-state index in [1.165, 1.54) is 0 Å². The van der Waals surface area contributed by atoms with Gasteiger partial charge in [-0.3, -0.25) is 4.79 Å². The Bertz CT molecular complexity index is 589. The first kappa shape index (κ1) is 12.4. The summed E-state index contributed by atoms with van der Waals surface area (Å²) in [4.78, 5) is 13.9. The minimum absolute atomic E-state index is 0.284. The Hall–Kier alpha value is -2.01. The van der Waals surface area contributed by atoms with Crippen LogP contribution in [0.4, 0.5) is 0 Å². The summed E-state index contributed by atoms with van der Waals surface area (Å²) in [6.45, 7) is 1.99. The molecule has 1 aromatic heterocycles. The molecule has 0 amide bonds. The van der Waals surface area contributed by atoms with Crippen molar-refractivity contribution in [2.24, 2.45) is 5.73 Å². The van der Waals surface area contributed by atoms with E-state index in [0.29, 0.717) is 5.75 Å². The number of ether oxygens (including phenoxy) is 1. The Labute approximate surface area is 105 Å². The first-order valence-corrected chi connectivity index (χ1v) is 5.66. The molecule has 0 aliphatic heterocycles. The second kappa shape index (κ2) is 4.70. The third-order valence-corrected chi connectivity index (χ3v) is 3.01. The number of hydrogen-bond donors (Lipinski definition) is 3. The highest BCUT2D eigenvalue weighted by Gasteiger charge is 2.15. The van der Waals surface area contributed by atoms with E-state index in [9.17, 15) is 4.79 Å². The number of H-pyrrole nitrogens is 1. The van der Waals surface area contributed by atoms with E-state index in [1.54, 1.807) is 7.11 Å². The van der Waals surface area contributed by atoms with Crippen LogP contribution in [-0.2, 0) is 11.2 Å². The lowest BCUT2D eigenvalue weighted by Crippen LogP contribution is -2.32. The molecule has 5 heteroatoms. The number of hydrogen-bond acceptors (Lipinski definition) is 3. The monoisotopic (exact) mass is 248 g/mol. The highest BCUT2D eigenvalue weighted by Crippen LogP contribution is 2.29. The molecule has 0 aliphatic rings. The maximum Gasteiger partial charge on any atom is 0.320 e. The number of nitrogens with one attached hydrogen (secondary N) is 1. The molecule has 96 valence electrons. The van der Waals surface area contributed by atoms with Gasteiger partial charge in [-0.05, 0) is 36.6 Å². The van der Waals surface area contributed by atoms with Crippen molar-refractivity contribution in [1.29, 1.82) is 0 Å². The van der Waals surface area contributed by atoms with E-state index >= 15 is 0 Å². The lowest BCUT2D eigenvalue weighted by Gasteiger charge is -2.09. The normalized spacial score (nSPS) is 12.6. The molecule has 2 rings (SSSR count). The van der Waals surface area contributed by atoms with E-state index < -0.39 is 12.0 Å². The number of aryl methyl sites for hydroxylation is 1. The van der Waals surface area contributed by atoms with Crippen molar-refractivity contribution in [3.63, 3.8) is 0 Å². The Morgan fingerprint density at radius 2 is 2.28 bits per heavy atom. The van der Waals surface area contributed by atoms with E-state index in [4.69, 9.17) is 15.6 Å². The van der Waals surface area contributed by atoms with Crippen molar-refractivity contribution < 1.29 is 14.6 Å². The molecule has 0 aliphatic carbocycles. The average molecular weight is 248 g/mol. The molecule has 1 unspecified atom stereocenters. The van der Waals surface area contributed by atoms with Gasteiger partial charge in [0.1, 0.15) is 11.8 Å². The van der Waals surface area contributed by atoms with Crippen LogP contribution in [0.1, 0.15) is 11.1 Å². The zero-order valence-electron chi connectivity index (χ0n) is 10.4. The molecule has 0 saturated heterocycles. The van der Waals surface area contributed by atoms with Gasteiger partial charge < -0.3 is 20.6 Å². The highest BCUT2D eigenvalue weighted by atomic mass is 16.5. The summed E-state index contributed by atoms with van der Waals surface area (Å²) in [5, 5.41) is 9.86. The summed E-state index contributed by atoms with van der Waals surface area (Å²) >= 11 is 0. The number of aromatic nitrogens is 1. The first-order chi connectivity index (χ1) is 8.52. The fourth-order valence-corrected chi connectivity index (χ4v) is 2.01. The van der Waals surface area contributed by atoms with Crippen LogP contribution in [0.25, 0.3) is 10.9 Å². The van der Waals surface area contributed by atoms with E-state index in [0.717, 1.165) is 22.0 Å². The van der Waals surface area contributed by atoms with Gasteiger partial charge in [-0.25, -0.2) is 0 Å². The number of aliphatic carboxylic acids is 1. The molecule has 0 bridgehead atoms. The Balaban J connectivity index is 2.45. The van der Waals surface area contributed by atoms with Gasteiger partial charge in [-0.15, -0.1) is 0 Å². The third kappa shape index (κ3) is 2.17. The molecular weight excluding hydrogens is 232 g/mol. The van der Waals surface area contributed by atoms with Gasteiger partial charge in [0.2, 0.25) is 0 Å². The summed E-state index contributed by atoms with van der Waals surface area (Å²) in [5.41, 5.74) is 8.42. The van der Waals surface area contributed by atoms with E-state index in [-0.39, 0.29) is 6.42 Å². The molecule has 0 fully saturated rings. The molecule has 0 radical (unpaired) electrons. The van der Waals surface area contributed by atoms with Gasteiger partial charge in [-0.2, -0.15) is 0 Å². The summed E-state index contributed by atoms with van der Waals surface area (Å²) in [5.74, 6) is -0.298. The molecule has 0 spiro atoms. The molecule has 5 nitrogen and oxygen atoms in total. The molecule has 4 N–H and O–H groups in total. The van der Waals surface area contributed by atoms with Gasteiger partial charge >= 0.3 is 5.97 Å². The number of methoxy groups -OCH3 is 1. The number of benzene rings is 1. The standard InChI is InChI=1S/C13H16N2O3/c1-7-6-15-12-9(7)3-8(5-11(12)18-2)4-10(14)13(16)17/h3,5-6,10,15H,4,14H2,1-2H3,(H,16,17). The minimum Gasteiger partial charge on any atom is -0.495 e. The minimum atomic E-state index is -1.00. The number of carboxylic acid groups (broad SMARTS) is 1. The fourth-order valence-electron chi connectivity index (χ4n) is 2.01. The van der Waals surface area contributed by atoms with Crippen molar-refractivity contribution in [3.05, 3.63) is 29.5 Å². The molecule has 1 aromatic carbocycles. The van der Waals surface area contributed by atoms with Crippen LogP contribution < -0.4 is 10.5 Å². The smallest absolute Gasteiger partial charge is 0.320 e. The largest absolute Gasteiger partial charge is 0.495 e. The Morgan fingerprint density at radius 1 is 1.56 bits per heavy atom. The van der Waals surface area contributed by atoms with Crippen LogP contribution in [0, 0.1) is 6.92 Å². The zero-order chi connectivity index (χ0) is 13.3. The molecular formula is C13H16N2O3. The van der Waals surface area contributed by atoms with Gasteiger partial charge in [0.25, 0.3) is 0 Å². The Morgan fingerprint density at radius 3 is 2.89 bits per heavy atom. The van der Waals surface area contributed by atoms with Crippen LogP contribution in [0.15, 0.2) is 18.3 Å². The predicted molar refractivity (Wildman–Crippen MR) is 68.9 cm³/mol. The predicted octanol–water partition coefficient (Wildman–Crippen LogP) is 1.44. The van der Waals surface area contributed by atoms with Crippen LogP contribution in [0.5, 0.6) is 5.75 Å². The number of fused-ring (bicyclic) bond motifs is 1. The van der Waals surface area contributed by atoms with Crippen LogP contribution in [0.2, 0.25) is 0 Å². The van der Waals surface area contributed by atoms with Crippen molar-refractivity contribution >= 4 is 16.9 Å². The average Bonchev–Trinajstić information content (AvgIpc) is 2.70. The Kier molecular flexibility index (Phi) is 3.25. The molecule has 1 heterocycles. The van der Waals surface area contributed by atoms with Crippen LogP contribution >= 0.6 is 0 Å². The maximum atomic E-state index is 10.8. The lowest BCUT2D eigenvalue weighted by molar-refractivity contribution is -0.138. The molecule has 0 saturated carbocycles. The van der Waals surface area contributed by atoms with Crippen LogP contribution in [-0.4, -0.2) is 29.2 Å². The van der Waals surface area contributed by atoms with Crippen LogP contribution in [0.3, 0.4) is 0 Å². The number of carboxylic acids is 1. The fraction of sp³-hybridized carbons (Fsp3) is 0.308. The summed E-state index contributed by atoms with van der Waals surface area (Å²) < 4.78 is 5.30. The lowest BCUT2D eigenvalue weighted by atomic mass is 10.0. The van der Waals surface area contributed by atoms with E-state index in [2.05, 4.69) is 4.98 Å². The highest BCUT2D eigenvalue weighted by molar-refractivity contribution is 5.89. The number of aromatic amines is 1. The summed E-state index contributed by atoms with van der Waals surface area (Å²) in [7, 11) is 1.59. The second-order valence-electron chi connectivity index (χ2n) is 4.34. The topological polar surface area (TPSA) is 88.3 Å². The van der Waals surface area contributed by atoms with Crippen molar-refractivity contribution in [1.82, 2.24) is 4.98 Å². The zero-order valence-corrected chi connectivity index (χ0v) is 10.4. The summed E-state index contributed by atoms with van der Waals surface area (Å²) in [6.07, 6.45) is 2.18. The first-order valence-electron chi connectivity index (χ1n) is 5.66. The van der Waals surface area contributed by atoms with Crippen molar-refractivity contribution in [2.75, 3.05) is 7.11 Å².